The van der Waals surface area contributed by atoms with Crippen molar-refractivity contribution in [3.05, 3.63) is 59.7 Å². The number of fused-ring (bicyclic) bond motifs is 3. The van der Waals surface area contributed by atoms with Gasteiger partial charge in [-0.25, -0.2) is 4.79 Å². The summed E-state index contributed by atoms with van der Waals surface area (Å²) < 4.78 is 5.34. The molecule has 0 saturated carbocycles. The van der Waals surface area contributed by atoms with Crippen molar-refractivity contribution in [3.8, 4) is 11.1 Å². The van der Waals surface area contributed by atoms with E-state index < -0.39 is 18.0 Å². The van der Waals surface area contributed by atoms with Crippen molar-refractivity contribution in [3.63, 3.8) is 0 Å². The predicted molar refractivity (Wildman–Crippen MR) is 92.9 cm³/mol. The molecular formula is C19H20N2O4. The summed E-state index contributed by atoms with van der Waals surface area (Å²) in [7, 11) is 0. The highest BCUT2D eigenvalue weighted by Gasteiger charge is 2.29. The van der Waals surface area contributed by atoms with Crippen LogP contribution in [-0.4, -0.2) is 36.4 Å². The Morgan fingerprint density at radius 2 is 1.64 bits per heavy atom. The van der Waals surface area contributed by atoms with E-state index in [0.29, 0.717) is 0 Å². The van der Waals surface area contributed by atoms with E-state index in [1.54, 1.807) is 0 Å². The maximum Gasteiger partial charge on any atom is 0.407 e. The molecule has 25 heavy (non-hydrogen) atoms. The van der Waals surface area contributed by atoms with Crippen LogP contribution in [0.1, 0.15) is 23.5 Å². The molecule has 130 valence electrons. The van der Waals surface area contributed by atoms with Crippen molar-refractivity contribution in [2.24, 2.45) is 5.73 Å². The molecule has 2 amide bonds. The Morgan fingerprint density at radius 1 is 1.08 bits per heavy atom. The average molecular weight is 340 g/mol. The molecule has 1 aliphatic rings. The lowest BCUT2D eigenvalue weighted by Crippen LogP contribution is -2.41. The van der Waals surface area contributed by atoms with E-state index in [2.05, 4.69) is 17.4 Å². The first-order valence-corrected chi connectivity index (χ1v) is 8.10. The highest BCUT2D eigenvalue weighted by molar-refractivity contribution is 5.79. The van der Waals surface area contributed by atoms with E-state index >= 15 is 0 Å². The number of rotatable bonds is 6. The lowest BCUT2D eigenvalue weighted by Gasteiger charge is -2.17. The second-order valence-corrected chi connectivity index (χ2v) is 6.02. The van der Waals surface area contributed by atoms with E-state index in [-0.39, 0.29) is 25.6 Å². The van der Waals surface area contributed by atoms with Gasteiger partial charge in [0, 0.05) is 12.3 Å². The van der Waals surface area contributed by atoms with Gasteiger partial charge in [-0.1, -0.05) is 48.5 Å². The summed E-state index contributed by atoms with van der Waals surface area (Å²) in [5.74, 6) is -0.639. The minimum atomic E-state index is -0.742. The number of aliphatic hydroxyl groups is 1. The van der Waals surface area contributed by atoms with E-state index in [1.165, 1.54) is 0 Å². The normalized spacial score (nSPS) is 13.6. The molecule has 0 saturated heterocycles. The molecule has 0 heterocycles. The molecule has 1 atom stereocenters. The number of nitrogens with one attached hydrogen (secondary N) is 1. The summed E-state index contributed by atoms with van der Waals surface area (Å²) in [6.45, 7) is -0.207. The van der Waals surface area contributed by atoms with Gasteiger partial charge in [-0.3, -0.25) is 4.79 Å². The minimum absolute atomic E-state index is 0.0399. The highest BCUT2D eigenvalue weighted by atomic mass is 16.5. The molecule has 0 aromatic heterocycles. The van der Waals surface area contributed by atoms with Gasteiger partial charge in [0.1, 0.15) is 6.61 Å². The fourth-order valence-electron chi connectivity index (χ4n) is 3.21. The van der Waals surface area contributed by atoms with Crippen molar-refractivity contribution in [1.29, 1.82) is 0 Å². The third-order valence-corrected chi connectivity index (χ3v) is 4.33. The molecule has 2 aromatic rings. The summed E-state index contributed by atoms with van der Waals surface area (Å²) in [6.07, 6.45) is -0.817. The Morgan fingerprint density at radius 3 is 2.16 bits per heavy atom. The van der Waals surface area contributed by atoms with Crippen molar-refractivity contribution in [2.45, 2.75) is 18.4 Å². The zero-order valence-electron chi connectivity index (χ0n) is 13.6. The number of ether oxygens (including phenoxy) is 1. The third-order valence-electron chi connectivity index (χ3n) is 4.33. The van der Waals surface area contributed by atoms with Gasteiger partial charge in [0.25, 0.3) is 0 Å². The number of alkyl carbamates (subject to hydrolysis) is 1. The van der Waals surface area contributed by atoms with Crippen LogP contribution < -0.4 is 11.1 Å². The van der Waals surface area contributed by atoms with E-state index in [9.17, 15) is 14.7 Å². The molecule has 0 fully saturated rings. The standard InChI is InChI=1S/C19H20N2O4/c20-18(23)9-12(10-22)21-19(24)25-11-17-15-7-3-1-5-13(15)14-6-2-4-8-16(14)17/h1-8,12,17,22H,9-11H2,(H2,20,23)(H,21,24)/t12-/m1/s1. The van der Waals surface area contributed by atoms with Crippen LogP contribution in [0, 0.1) is 0 Å². The molecular weight excluding hydrogens is 320 g/mol. The Bertz CT molecular complexity index is 745. The monoisotopic (exact) mass is 340 g/mol. The molecule has 0 aliphatic heterocycles. The van der Waals surface area contributed by atoms with Crippen LogP contribution >= 0.6 is 0 Å². The zero-order valence-corrected chi connectivity index (χ0v) is 13.6. The maximum absolute atomic E-state index is 12.0. The SMILES string of the molecule is NC(=O)C[C@H](CO)NC(=O)OCC1c2ccccc2-c2ccccc21. The van der Waals surface area contributed by atoms with Gasteiger partial charge in [-0.05, 0) is 22.3 Å². The Labute approximate surface area is 145 Å². The van der Waals surface area contributed by atoms with E-state index in [0.717, 1.165) is 22.3 Å². The van der Waals surface area contributed by atoms with Crippen LogP contribution in [-0.2, 0) is 9.53 Å². The van der Waals surface area contributed by atoms with Crippen LogP contribution in [0.4, 0.5) is 4.79 Å². The third kappa shape index (κ3) is 3.64. The number of carbonyl (C=O) groups is 2. The molecule has 3 rings (SSSR count). The molecule has 6 nitrogen and oxygen atoms in total. The average Bonchev–Trinajstić information content (AvgIpc) is 2.93. The Kier molecular flexibility index (Phi) is 5.00. The molecule has 0 spiro atoms. The van der Waals surface area contributed by atoms with E-state index in [4.69, 9.17) is 10.5 Å². The fraction of sp³-hybridized carbons (Fsp3) is 0.263. The summed E-state index contributed by atoms with van der Waals surface area (Å²) >= 11 is 0. The van der Waals surface area contributed by atoms with Gasteiger partial charge in [-0.2, -0.15) is 0 Å². The quantitative estimate of drug-likeness (QED) is 0.746. The van der Waals surface area contributed by atoms with Crippen LogP contribution in [0.2, 0.25) is 0 Å². The molecule has 0 bridgehead atoms. The van der Waals surface area contributed by atoms with E-state index in [1.807, 2.05) is 36.4 Å². The lowest BCUT2D eigenvalue weighted by molar-refractivity contribution is -0.118. The predicted octanol–water partition coefficient (Wildman–Crippen LogP) is 1.76. The summed E-state index contributed by atoms with van der Waals surface area (Å²) in [5.41, 5.74) is 9.61. The zero-order chi connectivity index (χ0) is 17.8. The van der Waals surface area contributed by atoms with Crippen LogP contribution in [0.25, 0.3) is 11.1 Å². The van der Waals surface area contributed by atoms with Gasteiger partial charge < -0.3 is 20.9 Å². The Balaban J connectivity index is 1.69. The van der Waals surface area contributed by atoms with Gasteiger partial charge in [0.05, 0.1) is 12.6 Å². The first-order valence-electron chi connectivity index (χ1n) is 8.10. The van der Waals surface area contributed by atoms with Gasteiger partial charge in [-0.15, -0.1) is 0 Å². The molecule has 1 aliphatic carbocycles. The summed E-state index contributed by atoms with van der Waals surface area (Å²) in [4.78, 5) is 22.9. The van der Waals surface area contributed by atoms with Crippen molar-refractivity contribution in [2.75, 3.05) is 13.2 Å². The van der Waals surface area contributed by atoms with Crippen molar-refractivity contribution >= 4 is 12.0 Å². The Hall–Kier alpha value is -2.86. The number of aliphatic hydroxyl groups excluding tert-OH is 1. The molecule has 0 radical (unpaired) electrons. The number of nitrogens with two attached hydrogens (primary N) is 1. The summed E-state index contributed by atoms with van der Waals surface area (Å²) in [5, 5.41) is 11.6. The first kappa shape index (κ1) is 17.0. The smallest absolute Gasteiger partial charge is 0.407 e. The first-order chi connectivity index (χ1) is 12.1. The number of amides is 2. The fourth-order valence-corrected chi connectivity index (χ4v) is 3.21. The van der Waals surface area contributed by atoms with Crippen LogP contribution in [0.3, 0.4) is 0 Å². The maximum atomic E-state index is 12.0. The molecule has 2 aromatic carbocycles. The van der Waals surface area contributed by atoms with Crippen molar-refractivity contribution in [1.82, 2.24) is 5.32 Å². The topological polar surface area (TPSA) is 102 Å². The van der Waals surface area contributed by atoms with Gasteiger partial charge in [0.15, 0.2) is 0 Å². The van der Waals surface area contributed by atoms with Crippen LogP contribution in [0.15, 0.2) is 48.5 Å². The highest BCUT2D eigenvalue weighted by Crippen LogP contribution is 2.44. The number of carbonyl (C=O) groups excluding carboxylic acids is 2. The van der Waals surface area contributed by atoms with Crippen molar-refractivity contribution < 1.29 is 19.4 Å². The van der Waals surface area contributed by atoms with Gasteiger partial charge in [0.2, 0.25) is 5.91 Å². The lowest BCUT2D eigenvalue weighted by atomic mass is 9.98. The summed E-state index contributed by atoms with van der Waals surface area (Å²) in [6, 6.07) is 15.3. The minimum Gasteiger partial charge on any atom is -0.449 e. The second kappa shape index (κ2) is 7.36. The largest absolute Gasteiger partial charge is 0.449 e. The van der Waals surface area contributed by atoms with Gasteiger partial charge >= 0.3 is 6.09 Å². The molecule has 6 heteroatoms. The van der Waals surface area contributed by atoms with Crippen LogP contribution in [0.5, 0.6) is 0 Å². The second-order valence-electron chi connectivity index (χ2n) is 6.02. The number of benzene rings is 2. The number of primary amides is 1. The number of hydrogen-bond acceptors (Lipinski definition) is 4. The molecule has 0 unspecified atom stereocenters. The number of hydrogen-bond donors (Lipinski definition) is 3. The molecule has 4 N–H and O–H groups in total.